The molecule has 146 valence electrons. The zero-order valence-electron chi connectivity index (χ0n) is 15.7. The first-order chi connectivity index (χ1) is 13.7. The van der Waals surface area contributed by atoms with Gasteiger partial charge in [0.1, 0.15) is 6.33 Å². The van der Waals surface area contributed by atoms with Gasteiger partial charge in [-0.15, -0.1) is 0 Å². The summed E-state index contributed by atoms with van der Waals surface area (Å²) in [5.41, 5.74) is 0.363. The van der Waals surface area contributed by atoms with Crippen molar-refractivity contribution in [2.45, 2.75) is 31.3 Å². The average Bonchev–Trinajstić information content (AvgIpc) is 3.36. The Hall–Kier alpha value is -2.68. The Morgan fingerprint density at radius 1 is 1.36 bits per heavy atom. The van der Waals surface area contributed by atoms with E-state index in [9.17, 15) is 9.59 Å². The molecule has 0 radical (unpaired) electrons. The van der Waals surface area contributed by atoms with Crippen molar-refractivity contribution in [2.75, 3.05) is 18.8 Å². The van der Waals surface area contributed by atoms with Gasteiger partial charge in [-0.1, -0.05) is 30.8 Å². The average molecular weight is 398 g/mol. The molecule has 2 heterocycles. The second-order valence-electron chi connectivity index (χ2n) is 6.93. The van der Waals surface area contributed by atoms with Gasteiger partial charge in [0.2, 0.25) is 11.9 Å². The molecule has 1 N–H and O–H groups in total. The molecule has 4 rings (SSSR count). The maximum absolute atomic E-state index is 13.0. The normalized spacial score (nSPS) is 13.8. The Labute approximate surface area is 166 Å². The molecule has 1 amide bonds. The first-order valence-corrected chi connectivity index (χ1v) is 10.4. The number of hydrogen-bond acceptors (Lipinski definition) is 6. The number of benzene rings is 1. The standard InChI is InChI=1S/C19H22N6O2S/c1-2-9-24(10-13-7-8-13)16(26)11-28-19-22-15-6-4-3-5-14(15)17(27)25(19)18-20-12-21-23-18/h3-6,12-13H,2,7-11H2,1H3,(H,20,21,23). The van der Waals surface area contributed by atoms with Gasteiger partial charge in [0, 0.05) is 13.1 Å². The van der Waals surface area contributed by atoms with Crippen LogP contribution in [0.2, 0.25) is 0 Å². The lowest BCUT2D eigenvalue weighted by Gasteiger charge is -2.22. The summed E-state index contributed by atoms with van der Waals surface area (Å²) in [6.07, 6.45) is 4.69. The molecular formula is C19H22N6O2S. The number of carbonyl (C=O) groups excluding carboxylic acids is 1. The number of amides is 1. The Morgan fingerprint density at radius 3 is 2.89 bits per heavy atom. The predicted octanol–water partition coefficient (Wildman–Crippen LogP) is 2.24. The predicted molar refractivity (Wildman–Crippen MR) is 108 cm³/mol. The molecule has 1 saturated carbocycles. The molecule has 1 aliphatic rings. The van der Waals surface area contributed by atoms with E-state index in [-0.39, 0.29) is 17.2 Å². The van der Waals surface area contributed by atoms with Crippen LogP contribution in [0, 0.1) is 5.92 Å². The van der Waals surface area contributed by atoms with Crippen molar-refractivity contribution >= 4 is 28.6 Å². The fraction of sp³-hybridized carbons (Fsp3) is 0.421. The van der Waals surface area contributed by atoms with Crippen LogP contribution in [0.1, 0.15) is 26.2 Å². The van der Waals surface area contributed by atoms with Gasteiger partial charge in [0.05, 0.1) is 16.7 Å². The number of aromatic amines is 1. The van der Waals surface area contributed by atoms with Crippen molar-refractivity contribution in [2.24, 2.45) is 5.92 Å². The maximum atomic E-state index is 13.0. The quantitative estimate of drug-likeness (QED) is 0.462. The molecular weight excluding hydrogens is 376 g/mol. The van der Waals surface area contributed by atoms with E-state index < -0.39 is 0 Å². The van der Waals surface area contributed by atoms with E-state index in [0.717, 1.165) is 19.5 Å². The Bertz CT molecular complexity index is 1030. The SMILES string of the molecule is CCCN(CC1CC1)C(=O)CSc1nc2ccccc2c(=O)n1-c1ncn[nH]1. The fourth-order valence-corrected chi connectivity index (χ4v) is 4.02. The van der Waals surface area contributed by atoms with Crippen molar-refractivity contribution in [1.82, 2.24) is 29.6 Å². The number of carbonyl (C=O) groups is 1. The van der Waals surface area contributed by atoms with E-state index >= 15 is 0 Å². The highest BCUT2D eigenvalue weighted by Gasteiger charge is 2.26. The summed E-state index contributed by atoms with van der Waals surface area (Å²) in [6, 6.07) is 7.17. The molecule has 1 aliphatic carbocycles. The summed E-state index contributed by atoms with van der Waals surface area (Å²) in [7, 11) is 0. The molecule has 28 heavy (non-hydrogen) atoms. The van der Waals surface area contributed by atoms with Crippen molar-refractivity contribution in [1.29, 1.82) is 0 Å². The zero-order valence-corrected chi connectivity index (χ0v) is 16.5. The van der Waals surface area contributed by atoms with Crippen LogP contribution >= 0.6 is 11.8 Å². The first kappa shape index (κ1) is 18.7. The third kappa shape index (κ3) is 3.94. The van der Waals surface area contributed by atoms with Gasteiger partial charge in [-0.05, 0) is 37.3 Å². The van der Waals surface area contributed by atoms with E-state index in [4.69, 9.17) is 0 Å². The smallest absolute Gasteiger partial charge is 0.269 e. The number of hydrogen-bond donors (Lipinski definition) is 1. The third-order valence-electron chi connectivity index (χ3n) is 4.71. The number of para-hydroxylation sites is 1. The van der Waals surface area contributed by atoms with Gasteiger partial charge < -0.3 is 4.90 Å². The molecule has 9 heteroatoms. The van der Waals surface area contributed by atoms with Crippen molar-refractivity contribution < 1.29 is 4.79 Å². The monoisotopic (exact) mass is 398 g/mol. The van der Waals surface area contributed by atoms with Gasteiger partial charge >= 0.3 is 0 Å². The van der Waals surface area contributed by atoms with Crippen LogP contribution in [0.5, 0.6) is 0 Å². The fourth-order valence-electron chi connectivity index (χ4n) is 3.12. The largest absolute Gasteiger partial charge is 0.342 e. The molecule has 3 aromatic rings. The minimum atomic E-state index is -0.235. The topological polar surface area (TPSA) is 96.8 Å². The Balaban J connectivity index is 1.63. The molecule has 0 atom stereocenters. The third-order valence-corrected chi connectivity index (χ3v) is 5.63. The summed E-state index contributed by atoms with van der Waals surface area (Å²) in [4.78, 5) is 36.4. The highest BCUT2D eigenvalue weighted by molar-refractivity contribution is 7.99. The summed E-state index contributed by atoms with van der Waals surface area (Å²) >= 11 is 1.26. The highest BCUT2D eigenvalue weighted by Crippen LogP contribution is 2.30. The van der Waals surface area contributed by atoms with Gasteiger partial charge in [0.15, 0.2) is 5.16 Å². The number of nitrogens with one attached hydrogen (secondary N) is 1. The van der Waals surface area contributed by atoms with E-state index in [1.165, 1.54) is 35.5 Å². The maximum Gasteiger partial charge on any atom is 0.269 e. The van der Waals surface area contributed by atoms with E-state index in [0.29, 0.717) is 27.9 Å². The molecule has 2 aromatic heterocycles. The molecule has 0 spiro atoms. The molecule has 0 aliphatic heterocycles. The van der Waals surface area contributed by atoms with Crippen LogP contribution in [0.15, 0.2) is 40.5 Å². The molecule has 1 fully saturated rings. The van der Waals surface area contributed by atoms with Crippen LogP contribution in [0.4, 0.5) is 0 Å². The Morgan fingerprint density at radius 2 is 2.18 bits per heavy atom. The minimum absolute atomic E-state index is 0.0743. The molecule has 8 nitrogen and oxygen atoms in total. The lowest BCUT2D eigenvalue weighted by Crippen LogP contribution is -2.35. The number of H-pyrrole nitrogens is 1. The van der Waals surface area contributed by atoms with Crippen LogP contribution in [-0.2, 0) is 4.79 Å². The second kappa shape index (κ2) is 8.14. The number of fused-ring (bicyclic) bond motifs is 1. The number of aromatic nitrogens is 5. The van der Waals surface area contributed by atoms with Crippen molar-refractivity contribution in [3.63, 3.8) is 0 Å². The lowest BCUT2D eigenvalue weighted by molar-refractivity contribution is -0.128. The van der Waals surface area contributed by atoms with E-state index in [1.807, 2.05) is 11.0 Å². The van der Waals surface area contributed by atoms with Gasteiger partial charge in [-0.25, -0.2) is 14.6 Å². The van der Waals surface area contributed by atoms with Crippen LogP contribution in [0.25, 0.3) is 16.9 Å². The van der Waals surface area contributed by atoms with E-state index in [1.54, 1.807) is 18.2 Å². The molecule has 0 unspecified atom stereocenters. The molecule has 1 aromatic carbocycles. The lowest BCUT2D eigenvalue weighted by atomic mass is 10.2. The van der Waals surface area contributed by atoms with Crippen LogP contribution < -0.4 is 5.56 Å². The second-order valence-corrected chi connectivity index (χ2v) is 7.88. The number of rotatable bonds is 8. The first-order valence-electron chi connectivity index (χ1n) is 9.45. The minimum Gasteiger partial charge on any atom is -0.342 e. The molecule has 0 bridgehead atoms. The Kier molecular flexibility index (Phi) is 5.43. The summed E-state index contributed by atoms with van der Waals surface area (Å²) in [5, 5.41) is 7.48. The van der Waals surface area contributed by atoms with E-state index in [2.05, 4.69) is 27.1 Å². The summed E-state index contributed by atoms with van der Waals surface area (Å²) in [5.74, 6) is 1.24. The number of thioether (sulfide) groups is 1. The van der Waals surface area contributed by atoms with Gasteiger partial charge in [-0.3, -0.25) is 9.59 Å². The number of nitrogens with zero attached hydrogens (tertiary/aromatic N) is 5. The molecule has 0 saturated heterocycles. The van der Waals surface area contributed by atoms with Gasteiger partial charge in [0.25, 0.3) is 5.56 Å². The van der Waals surface area contributed by atoms with Gasteiger partial charge in [-0.2, -0.15) is 10.1 Å². The summed E-state index contributed by atoms with van der Waals surface area (Å²) < 4.78 is 1.39. The van der Waals surface area contributed by atoms with Crippen LogP contribution in [-0.4, -0.2) is 54.4 Å². The zero-order chi connectivity index (χ0) is 19.5. The van der Waals surface area contributed by atoms with Crippen molar-refractivity contribution in [3.8, 4) is 5.95 Å². The summed E-state index contributed by atoms with van der Waals surface area (Å²) in [6.45, 7) is 3.66. The van der Waals surface area contributed by atoms with Crippen molar-refractivity contribution in [3.05, 3.63) is 40.9 Å². The van der Waals surface area contributed by atoms with Crippen LogP contribution in [0.3, 0.4) is 0 Å². The highest BCUT2D eigenvalue weighted by atomic mass is 32.2.